The minimum Gasteiger partial charge on any atom is -0.367 e. The highest BCUT2D eigenvalue weighted by molar-refractivity contribution is 7.85. The first-order valence-electron chi connectivity index (χ1n) is 6.84. The van der Waals surface area contributed by atoms with Crippen molar-refractivity contribution in [1.29, 1.82) is 5.26 Å². The summed E-state index contributed by atoms with van der Waals surface area (Å²) < 4.78 is 11.9. The first-order chi connectivity index (χ1) is 9.63. The second-order valence-electron chi connectivity index (χ2n) is 4.94. The van der Waals surface area contributed by atoms with E-state index in [2.05, 4.69) is 10.3 Å². The normalized spacial score (nSPS) is 23.9. The highest BCUT2D eigenvalue weighted by Crippen LogP contribution is 2.26. The Morgan fingerprint density at radius 1 is 1.55 bits per heavy atom. The molecule has 1 heterocycles. The number of aromatic nitrogens is 1. The van der Waals surface area contributed by atoms with Gasteiger partial charge in [0.2, 0.25) is 0 Å². The van der Waals surface area contributed by atoms with Crippen molar-refractivity contribution in [2.24, 2.45) is 0 Å². The number of pyridine rings is 1. The molecule has 0 spiro atoms. The van der Waals surface area contributed by atoms with E-state index < -0.39 is 10.8 Å². The lowest BCUT2D eigenvalue weighted by atomic mass is 9.95. The number of halogens is 1. The van der Waals surface area contributed by atoms with Crippen molar-refractivity contribution in [3.8, 4) is 6.07 Å². The van der Waals surface area contributed by atoms with E-state index in [1.54, 1.807) is 12.1 Å². The van der Waals surface area contributed by atoms with Crippen LogP contribution in [0.4, 0.5) is 5.82 Å². The number of hydrogen-bond acceptors (Lipinski definition) is 4. The van der Waals surface area contributed by atoms with Crippen LogP contribution in [-0.2, 0) is 10.8 Å². The summed E-state index contributed by atoms with van der Waals surface area (Å²) in [7, 11) is -0.736. The standard InChI is InChI=1S/C14H18ClN3OS/c1-2-20(19)11-5-3-4-10(8-11)17-14-7-6-12(15)13(9-16)18-14/h6-7,10-11H,2-5,8H2,1H3,(H,17,18). The SMILES string of the molecule is CCS(=O)C1CCCC(Nc2ccc(Cl)c(C#N)n2)C1. The predicted molar refractivity (Wildman–Crippen MR) is 82.3 cm³/mol. The molecule has 1 aliphatic carbocycles. The summed E-state index contributed by atoms with van der Waals surface area (Å²) in [6.07, 6.45) is 4.05. The van der Waals surface area contributed by atoms with Crippen LogP contribution in [0.5, 0.6) is 0 Å². The van der Waals surface area contributed by atoms with Gasteiger partial charge in [-0.05, 0) is 31.4 Å². The average Bonchev–Trinajstić information content (AvgIpc) is 2.48. The molecule has 3 atom stereocenters. The molecule has 3 unspecified atom stereocenters. The molecule has 108 valence electrons. The van der Waals surface area contributed by atoms with Crippen molar-refractivity contribution in [1.82, 2.24) is 4.98 Å². The monoisotopic (exact) mass is 311 g/mol. The van der Waals surface area contributed by atoms with Gasteiger partial charge in [0, 0.05) is 27.8 Å². The Balaban J connectivity index is 2.03. The Labute approximate surface area is 127 Å². The molecule has 2 rings (SSSR count). The van der Waals surface area contributed by atoms with E-state index in [1.165, 1.54) is 0 Å². The summed E-state index contributed by atoms with van der Waals surface area (Å²) in [4.78, 5) is 4.19. The Morgan fingerprint density at radius 3 is 3.05 bits per heavy atom. The maximum absolute atomic E-state index is 11.9. The van der Waals surface area contributed by atoms with Crippen LogP contribution in [0.15, 0.2) is 12.1 Å². The molecule has 1 saturated carbocycles. The number of nitrogens with one attached hydrogen (secondary N) is 1. The molecule has 0 saturated heterocycles. The van der Waals surface area contributed by atoms with Gasteiger partial charge in [-0.25, -0.2) is 4.98 Å². The van der Waals surface area contributed by atoms with Crippen molar-refractivity contribution < 1.29 is 4.21 Å². The summed E-state index contributed by atoms with van der Waals surface area (Å²) in [5.74, 6) is 1.38. The number of nitriles is 1. The summed E-state index contributed by atoms with van der Waals surface area (Å²) >= 11 is 5.87. The van der Waals surface area contributed by atoms with Gasteiger partial charge in [-0.2, -0.15) is 5.26 Å². The summed E-state index contributed by atoms with van der Waals surface area (Å²) in [5, 5.41) is 12.9. The van der Waals surface area contributed by atoms with E-state index in [0.717, 1.165) is 31.4 Å². The van der Waals surface area contributed by atoms with Crippen LogP contribution in [0.25, 0.3) is 0 Å². The summed E-state index contributed by atoms with van der Waals surface area (Å²) in [6, 6.07) is 5.71. The molecule has 1 aromatic heterocycles. The lowest BCUT2D eigenvalue weighted by Gasteiger charge is -2.29. The topological polar surface area (TPSA) is 65.8 Å². The quantitative estimate of drug-likeness (QED) is 0.928. The number of nitrogens with zero attached hydrogens (tertiary/aromatic N) is 2. The van der Waals surface area contributed by atoms with E-state index >= 15 is 0 Å². The zero-order valence-corrected chi connectivity index (χ0v) is 13.0. The largest absolute Gasteiger partial charge is 0.367 e. The van der Waals surface area contributed by atoms with Crippen molar-refractivity contribution in [2.75, 3.05) is 11.1 Å². The third kappa shape index (κ3) is 3.71. The summed E-state index contributed by atoms with van der Waals surface area (Å²) in [6.45, 7) is 1.97. The molecule has 0 radical (unpaired) electrons. The van der Waals surface area contributed by atoms with Crippen LogP contribution in [0.1, 0.15) is 38.3 Å². The van der Waals surface area contributed by atoms with Gasteiger partial charge < -0.3 is 5.32 Å². The van der Waals surface area contributed by atoms with Crippen LogP contribution in [-0.4, -0.2) is 26.2 Å². The molecule has 0 amide bonds. The fourth-order valence-electron chi connectivity index (χ4n) is 2.56. The first-order valence-corrected chi connectivity index (χ1v) is 8.60. The van der Waals surface area contributed by atoms with Gasteiger partial charge in [0.05, 0.1) is 5.02 Å². The minimum absolute atomic E-state index is 0.237. The molecule has 0 bridgehead atoms. The first kappa shape index (κ1) is 15.3. The summed E-state index contributed by atoms with van der Waals surface area (Å²) in [5.41, 5.74) is 0.237. The smallest absolute Gasteiger partial charge is 0.161 e. The van der Waals surface area contributed by atoms with Crippen LogP contribution in [0, 0.1) is 11.3 Å². The van der Waals surface area contributed by atoms with Gasteiger partial charge in [-0.15, -0.1) is 0 Å². The molecule has 0 aliphatic heterocycles. The lowest BCUT2D eigenvalue weighted by Crippen LogP contribution is -2.33. The highest BCUT2D eigenvalue weighted by Gasteiger charge is 2.25. The van der Waals surface area contributed by atoms with E-state index in [-0.39, 0.29) is 17.0 Å². The molecule has 1 aromatic rings. The van der Waals surface area contributed by atoms with E-state index in [0.29, 0.717) is 10.8 Å². The Bertz CT molecular complexity index is 544. The van der Waals surface area contributed by atoms with Crippen LogP contribution in [0.3, 0.4) is 0 Å². The second kappa shape index (κ2) is 7.05. The Kier molecular flexibility index (Phi) is 5.38. The van der Waals surface area contributed by atoms with E-state index in [9.17, 15) is 4.21 Å². The number of anilines is 1. The van der Waals surface area contributed by atoms with Gasteiger partial charge in [-0.1, -0.05) is 24.9 Å². The van der Waals surface area contributed by atoms with Gasteiger partial charge in [-0.3, -0.25) is 4.21 Å². The number of rotatable bonds is 4. The van der Waals surface area contributed by atoms with Gasteiger partial charge >= 0.3 is 0 Å². The lowest BCUT2D eigenvalue weighted by molar-refractivity contribution is 0.464. The second-order valence-corrected chi connectivity index (χ2v) is 7.35. The molecule has 20 heavy (non-hydrogen) atoms. The van der Waals surface area contributed by atoms with Crippen molar-refractivity contribution in [2.45, 2.75) is 43.9 Å². The zero-order chi connectivity index (χ0) is 14.5. The Morgan fingerprint density at radius 2 is 2.35 bits per heavy atom. The fraction of sp³-hybridized carbons (Fsp3) is 0.571. The molecular formula is C14H18ClN3OS. The molecule has 0 aromatic carbocycles. The van der Waals surface area contributed by atoms with Crippen molar-refractivity contribution in [3.05, 3.63) is 22.8 Å². The molecule has 1 N–H and O–H groups in total. The van der Waals surface area contributed by atoms with Crippen molar-refractivity contribution in [3.63, 3.8) is 0 Å². The van der Waals surface area contributed by atoms with Gasteiger partial charge in [0.15, 0.2) is 5.69 Å². The van der Waals surface area contributed by atoms with Gasteiger partial charge in [0.25, 0.3) is 0 Å². The average molecular weight is 312 g/mol. The Hall–Kier alpha value is -1.12. The number of hydrogen-bond donors (Lipinski definition) is 1. The van der Waals surface area contributed by atoms with E-state index in [4.69, 9.17) is 16.9 Å². The fourth-order valence-corrected chi connectivity index (χ4v) is 4.06. The maximum Gasteiger partial charge on any atom is 0.161 e. The van der Waals surface area contributed by atoms with Gasteiger partial charge in [0.1, 0.15) is 11.9 Å². The molecule has 1 fully saturated rings. The zero-order valence-electron chi connectivity index (χ0n) is 11.4. The third-order valence-corrected chi connectivity index (χ3v) is 5.63. The molecular weight excluding hydrogens is 294 g/mol. The molecule has 4 nitrogen and oxygen atoms in total. The molecule has 6 heteroatoms. The van der Waals surface area contributed by atoms with Crippen molar-refractivity contribution >= 4 is 28.2 Å². The van der Waals surface area contributed by atoms with Crippen LogP contribution >= 0.6 is 11.6 Å². The van der Waals surface area contributed by atoms with Crippen LogP contribution < -0.4 is 5.32 Å². The van der Waals surface area contributed by atoms with E-state index in [1.807, 2.05) is 13.0 Å². The predicted octanol–water partition coefficient (Wildman–Crippen LogP) is 3.10. The molecule has 1 aliphatic rings. The maximum atomic E-state index is 11.9. The third-order valence-electron chi connectivity index (χ3n) is 3.59. The highest BCUT2D eigenvalue weighted by atomic mass is 35.5. The van der Waals surface area contributed by atoms with Crippen LogP contribution in [0.2, 0.25) is 5.02 Å². The minimum atomic E-state index is -0.736.